The summed E-state index contributed by atoms with van der Waals surface area (Å²) in [4.78, 5) is 8.34. The maximum atomic E-state index is 9.16. The normalized spacial score (nSPS) is 23.6. The number of hydrogen-bond donors (Lipinski definition) is 2. The average molecular weight is 223 g/mol. The molecule has 16 heavy (non-hydrogen) atoms. The highest BCUT2D eigenvalue weighted by molar-refractivity contribution is 5.29. The Labute approximate surface area is 94.9 Å². The molecule has 0 atom stereocenters. The third-order valence-electron chi connectivity index (χ3n) is 2.53. The van der Waals surface area contributed by atoms with Crippen LogP contribution in [0, 0.1) is 0 Å². The molecule has 2 rings (SSSR count). The Morgan fingerprint density at radius 2 is 2.38 bits per heavy atom. The van der Waals surface area contributed by atoms with Crippen LogP contribution in [0.5, 0.6) is 5.88 Å². The van der Waals surface area contributed by atoms with Gasteiger partial charge in [-0.1, -0.05) is 6.92 Å². The molecule has 0 bridgehead atoms. The molecule has 5 nitrogen and oxygen atoms in total. The van der Waals surface area contributed by atoms with Crippen LogP contribution in [0.15, 0.2) is 12.3 Å². The molecule has 1 aromatic heterocycles. The van der Waals surface area contributed by atoms with E-state index >= 15 is 0 Å². The fourth-order valence-electron chi connectivity index (χ4n) is 1.59. The molecule has 0 aromatic carbocycles. The quantitative estimate of drug-likeness (QED) is 0.785. The number of aliphatic hydroxyl groups is 1. The lowest BCUT2D eigenvalue weighted by Crippen LogP contribution is -2.39. The van der Waals surface area contributed by atoms with Crippen LogP contribution in [0.2, 0.25) is 0 Å². The first kappa shape index (κ1) is 11.1. The van der Waals surface area contributed by atoms with Gasteiger partial charge in [0.25, 0.3) is 0 Å². The Kier molecular flexibility index (Phi) is 3.56. The third kappa shape index (κ3) is 2.82. The van der Waals surface area contributed by atoms with Gasteiger partial charge in [0, 0.05) is 18.3 Å². The SMILES string of the molecule is CCCOc1ccnc(NC2CC(O)C2)n1. The lowest BCUT2D eigenvalue weighted by molar-refractivity contribution is 0.0834. The van der Waals surface area contributed by atoms with E-state index in [-0.39, 0.29) is 12.1 Å². The van der Waals surface area contributed by atoms with Crippen LogP contribution in [0.4, 0.5) is 5.95 Å². The summed E-state index contributed by atoms with van der Waals surface area (Å²) in [6.45, 7) is 2.72. The molecule has 0 aliphatic heterocycles. The minimum Gasteiger partial charge on any atom is -0.478 e. The second-order valence-corrected chi connectivity index (χ2v) is 4.03. The van der Waals surface area contributed by atoms with Crippen LogP contribution in [0.1, 0.15) is 26.2 Å². The van der Waals surface area contributed by atoms with Crippen molar-refractivity contribution in [1.82, 2.24) is 9.97 Å². The Morgan fingerprint density at radius 1 is 1.56 bits per heavy atom. The van der Waals surface area contributed by atoms with Gasteiger partial charge in [-0.05, 0) is 19.3 Å². The standard InChI is InChI=1S/C11H17N3O2/c1-2-5-16-10-3-4-12-11(14-10)13-8-6-9(15)7-8/h3-4,8-9,15H,2,5-7H2,1H3,(H,12,13,14). The van der Waals surface area contributed by atoms with Gasteiger partial charge in [0.1, 0.15) is 0 Å². The number of anilines is 1. The summed E-state index contributed by atoms with van der Waals surface area (Å²) in [6, 6.07) is 2.03. The topological polar surface area (TPSA) is 67.3 Å². The van der Waals surface area contributed by atoms with Crippen molar-refractivity contribution in [2.24, 2.45) is 0 Å². The van der Waals surface area contributed by atoms with Gasteiger partial charge in [-0.3, -0.25) is 0 Å². The van der Waals surface area contributed by atoms with Crippen LogP contribution in [-0.2, 0) is 0 Å². The van der Waals surface area contributed by atoms with Crippen molar-refractivity contribution >= 4 is 5.95 Å². The van der Waals surface area contributed by atoms with Crippen molar-refractivity contribution < 1.29 is 9.84 Å². The van der Waals surface area contributed by atoms with E-state index in [1.807, 2.05) is 0 Å². The average Bonchev–Trinajstić information content (AvgIpc) is 2.25. The first-order valence-corrected chi connectivity index (χ1v) is 5.68. The second kappa shape index (κ2) is 5.12. The van der Waals surface area contributed by atoms with Crippen molar-refractivity contribution in [2.45, 2.75) is 38.3 Å². The number of ether oxygens (including phenoxy) is 1. The Morgan fingerprint density at radius 3 is 3.06 bits per heavy atom. The molecule has 5 heteroatoms. The highest BCUT2D eigenvalue weighted by Crippen LogP contribution is 2.22. The van der Waals surface area contributed by atoms with E-state index in [1.54, 1.807) is 12.3 Å². The monoisotopic (exact) mass is 223 g/mol. The van der Waals surface area contributed by atoms with E-state index in [4.69, 9.17) is 9.84 Å². The molecule has 1 saturated carbocycles. The van der Waals surface area contributed by atoms with Crippen LogP contribution < -0.4 is 10.1 Å². The van der Waals surface area contributed by atoms with E-state index in [9.17, 15) is 0 Å². The molecule has 1 fully saturated rings. The number of rotatable bonds is 5. The molecule has 1 aliphatic rings. The smallest absolute Gasteiger partial charge is 0.226 e. The van der Waals surface area contributed by atoms with Crippen LogP contribution in [-0.4, -0.2) is 33.8 Å². The largest absolute Gasteiger partial charge is 0.478 e. The number of aliphatic hydroxyl groups excluding tert-OH is 1. The Bertz CT molecular complexity index is 340. The van der Waals surface area contributed by atoms with Crippen molar-refractivity contribution in [3.63, 3.8) is 0 Å². The third-order valence-corrected chi connectivity index (χ3v) is 2.53. The van der Waals surface area contributed by atoms with Gasteiger partial charge < -0.3 is 15.2 Å². The summed E-state index contributed by atoms with van der Waals surface area (Å²) in [5.74, 6) is 1.17. The number of hydrogen-bond acceptors (Lipinski definition) is 5. The van der Waals surface area contributed by atoms with Crippen LogP contribution in [0.3, 0.4) is 0 Å². The van der Waals surface area contributed by atoms with Gasteiger partial charge in [-0.2, -0.15) is 4.98 Å². The number of nitrogens with one attached hydrogen (secondary N) is 1. The molecule has 88 valence electrons. The van der Waals surface area contributed by atoms with E-state index in [0.29, 0.717) is 18.4 Å². The lowest BCUT2D eigenvalue weighted by Gasteiger charge is -2.31. The van der Waals surface area contributed by atoms with Crippen molar-refractivity contribution in [3.05, 3.63) is 12.3 Å². The first-order chi connectivity index (χ1) is 7.78. The van der Waals surface area contributed by atoms with Crippen LogP contribution in [0.25, 0.3) is 0 Å². The maximum absolute atomic E-state index is 9.16. The van der Waals surface area contributed by atoms with Crippen LogP contribution >= 0.6 is 0 Å². The molecular formula is C11H17N3O2. The predicted molar refractivity (Wildman–Crippen MR) is 60.5 cm³/mol. The summed E-state index contributed by atoms with van der Waals surface area (Å²) in [5.41, 5.74) is 0. The van der Waals surface area contributed by atoms with Gasteiger partial charge in [-0.15, -0.1) is 0 Å². The first-order valence-electron chi connectivity index (χ1n) is 5.68. The maximum Gasteiger partial charge on any atom is 0.226 e. The van der Waals surface area contributed by atoms with E-state index in [2.05, 4.69) is 22.2 Å². The highest BCUT2D eigenvalue weighted by atomic mass is 16.5. The van der Waals surface area contributed by atoms with E-state index < -0.39 is 0 Å². The molecular weight excluding hydrogens is 206 g/mol. The second-order valence-electron chi connectivity index (χ2n) is 4.03. The van der Waals surface area contributed by atoms with Crippen molar-refractivity contribution in [3.8, 4) is 5.88 Å². The fraction of sp³-hybridized carbons (Fsp3) is 0.636. The molecule has 0 radical (unpaired) electrons. The highest BCUT2D eigenvalue weighted by Gasteiger charge is 2.27. The lowest BCUT2D eigenvalue weighted by atomic mass is 9.90. The summed E-state index contributed by atoms with van der Waals surface area (Å²) in [6.07, 6.45) is 4.00. The molecule has 0 unspecified atom stereocenters. The number of nitrogens with zero attached hydrogens (tertiary/aromatic N) is 2. The zero-order valence-corrected chi connectivity index (χ0v) is 9.39. The Hall–Kier alpha value is -1.36. The van der Waals surface area contributed by atoms with Gasteiger partial charge in [0.2, 0.25) is 11.8 Å². The van der Waals surface area contributed by atoms with Gasteiger partial charge >= 0.3 is 0 Å². The Balaban J connectivity index is 1.88. The zero-order chi connectivity index (χ0) is 11.4. The van der Waals surface area contributed by atoms with Gasteiger partial charge in [0.05, 0.1) is 12.7 Å². The summed E-state index contributed by atoms with van der Waals surface area (Å²) in [7, 11) is 0. The van der Waals surface area contributed by atoms with Crippen molar-refractivity contribution in [1.29, 1.82) is 0 Å². The fourth-order valence-corrected chi connectivity index (χ4v) is 1.59. The molecule has 0 saturated heterocycles. The van der Waals surface area contributed by atoms with E-state index in [0.717, 1.165) is 19.3 Å². The molecule has 1 aromatic rings. The van der Waals surface area contributed by atoms with Gasteiger partial charge in [-0.25, -0.2) is 4.98 Å². The number of aromatic nitrogens is 2. The molecule has 1 heterocycles. The van der Waals surface area contributed by atoms with E-state index in [1.165, 1.54) is 0 Å². The molecule has 0 spiro atoms. The predicted octanol–water partition coefficient (Wildman–Crippen LogP) is 1.20. The molecule has 1 aliphatic carbocycles. The zero-order valence-electron chi connectivity index (χ0n) is 9.39. The van der Waals surface area contributed by atoms with Crippen molar-refractivity contribution in [2.75, 3.05) is 11.9 Å². The summed E-state index contributed by atoms with van der Waals surface area (Å²) < 4.78 is 5.41. The minimum atomic E-state index is -0.169. The molecule has 0 amide bonds. The van der Waals surface area contributed by atoms with Gasteiger partial charge in [0.15, 0.2) is 0 Å². The summed E-state index contributed by atoms with van der Waals surface area (Å²) >= 11 is 0. The molecule has 2 N–H and O–H groups in total. The minimum absolute atomic E-state index is 0.169. The summed E-state index contributed by atoms with van der Waals surface area (Å²) in [5, 5.41) is 12.3.